The molecule has 0 fully saturated rings. The minimum absolute atomic E-state index is 0.185. The Kier molecular flexibility index (Phi) is 6.33. The average molecular weight is 234 g/mol. The van der Waals surface area contributed by atoms with Crippen molar-refractivity contribution >= 4 is 6.08 Å². The maximum atomic E-state index is 5.59. The van der Waals surface area contributed by atoms with Crippen LogP contribution in [0.3, 0.4) is 0 Å². The highest BCUT2D eigenvalue weighted by molar-refractivity contribution is 5.49. The van der Waals surface area contributed by atoms with Crippen LogP contribution in [0.1, 0.15) is 32.8 Å². The van der Waals surface area contributed by atoms with Gasteiger partial charge in [-0.05, 0) is 45.0 Å². The lowest BCUT2D eigenvalue weighted by Gasteiger charge is -2.09. The SMILES string of the molecule is CCNCC/C=C/c1cncc(OC(C)C)c1. The third kappa shape index (κ3) is 6.07. The largest absolute Gasteiger partial charge is 0.489 e. The predicted molar refractivity (Wildman–Crippen MR) is 72.2 cm³/mol. The van der Waals surface area contributed by atoms with Crippen molar-refractivity contribution in [2.45, 2.75) is 33.3 Å². The lowest BCUT2D eigenvalue weighted by Crippen LogP contribution is -2.12. The summed E-state index contributed by atoms with van der Waals surface area (Å²) in [7, 11) is 0. The molecule has 0 bridgehead atoms. The number of hydrogen-bond acceptors (Lipinski definition) is 3. The smallest absolute Gasteiger partial charge is 0.138 e. The van der Waals surface area contributed by atoms with E-state index < -0.39 is 0 Å². The van der Waals surface area contributed by atoms with Gasteiger partial charge in [0.05, 0.1) is 12.3 Å². The van der Waals surface area contributed by atoms with Crippen LogP contribution in [-0.2, 0) is 0 Å². The Balaban J connectivity index is 2.47. The number of rotatable bonds is 7. The second kappa shape index (κ2) is 7.85. The first kappa shape index (κ1) is 13.7. The molecular formula is C14H22N2O. The Labute approximate surface area is 104 Å². The van der Waals surface area contributed by atoms with Gasteiger partial charge in [-0.15, -0.1) is 0 Å². The van der Waals surface area contributed by atoms with Crippen molar-refractivity contribution in [2.75, 3.05) is 13.1 Å². The van der Waals surface area contributed by atoms with E-state index in [1.165, 1.54) is 0 Å². The van der Waals surface area contributed by atoms with E-state index in [0.717, 1.165) is 30.8 Å². The van der Waals surface area contributed by atoms with Gasteiger partial charge in [0, 0.05) is 6.20 Å². The van der Waals surface area contributed by atoms with Gasteiger partial charge in [-0.2, -0.15) is 0 Å². The average Bonchev–Trinajstić information content (AvgIpc) is 2.28. The lowest BCUT2D eigenvalue weighted by molar-refractivity contribution is 0.241. The fraction of sp³-hybridized carbons (Fsp3) is 0.500. The molecule has 0 aliphatic rings. The molecule has 1 aromatic heterocycles. The number of nitrogens with zero attached hydrogens (tertiary/aromatic N) is 1. The molecule has 0 atom stereocenters. The Morgan fingerprint density at radius 1 is 1.41 bits per heavy atom. The van der Waals surface area contributed by atoms with E-state index in [2.05, 4.69) is 29.4 Å². The summed E-state index contributed by atoms with van der Waals surface area (Å²) in [6.45, 7) is 8.17. The molecule has 1 heterocycles. The molecule has 0 radical (unpaired) electrons. The molecule has 0 amide bonds. The van der Waals surface area contributed by atoms with Gasteiger partial charge in [-0.3, -0.25) is 4.98 Å². The summed E-state index contributed by atoms with van der Waals surface area (Å²) >= 11 is 0. The normalized spacial score (nSPS) is 11.3. The van der Waals surface area contributed by atoms with Gasteiger partial charge >= 0.3 is 0 Å². The number of pyridine rings is 1. The summed E-state index contributed by atoms with van der Waals surface area (Å²) in [6.07, 6.45) is 9.04. The first-order valence-corrected chi connectivity index (χ1v) is 6.21. The third-order valence-corrected chi connectivity index (χ3v) is 2.15. The van der Waals surface area contributed by atoms with E-state index in [1.807, 2.05) is 26.1 Å². The third-order valence-electron chi connectivity index (χ3n) is 2.15. The van der Waals surface area contributed by atoms with Gasteiger partial charge in [-0.25, -0.2) is 0 Å². The second-order valence-electron chi connectivity index (χ2n) is 4.17. The predicted octanol–water partition coefficient (Wildman–Crippen LogP) is 2.88. The van der Waals surface area contributed by atoms with E-state index in [9.17, 15) is 0 Å². The van der Waals surface area contributed by atoms with Gasteiger partial charge < -0.3 is 10.1 Å². The Hall–Kier alpha value is -1.35. The number of ether oxygens (including phenoxy) is 1. The summed E-state index contributed by atoms with van der Waals surface area (Å²) in [6, 6.07) is 2.01. The minimum Gasteiger partial charge on any atom is -0.489 e. The second-order valence-corrected chi connectivity index (χ2v) is 4.17. The van der Waals surface area contributed by atoms with E-state index in [0.29, 0.717) is 0 Å². The van der Waals surface area contributed by atoms with E-state index in [1.54, 1.807) is 6.20 Å². The molecule has 3 heteroatoms. The lowest BCUT2D eigenvalue weighted by atomic mass is 10.2. The van der Waals surface area contributed by atoms with Crippen molar-refractivity contribution in [1.29, 1.82) is 0 Å². The highest BCUT2D eigenvalue weighted by Gasteiger charge is 1.98. The fourth-order valence-electron chi connectivity index (χ4n) is 1.44. The number of aromatic nitrogens is 1. The van der Waals surface area contributed by atoms with E-state index in [-0.39, 0.29) is 6.10 Å². The monoisotopic (exact) mass is 234 g/mol. The van der Waals surface area contributed by atoms with Gasteiger partial charge in [0.15, 0.2) is 0 Å². The fourth-order valence-corrected chi connectivity index (χ4v) is 1.44. The maximum Gasteiger partial charge on any atom is 0.138 e. The van der Waals surface area contributed by atoms with Crippen molar-refractivity contribution in [3.05, 3.63) is 30.1 Å². The van der Waals surface area contributed by atoms with Crippen LogP contribution in [0.2, 0.25) is 0 Å². The first-order chi connectivity index (χ1) is 8.22. The van der Waals surface area contributed by atoms with Crippen molar-refractivity contribution in [3.63, 3.8) is 0 Å². The summed E-state index contributed by atoms with van der Waals surface area (Å²) in [4.78, 5) is 4.16. The molecular weight excluding hydrogens is 212 g/mol. The van der Waals surface area contributed by atoms with Crippen molar-refractivity contribution < 1.29 is 4.74 Å². The van der Waals surface area contributed by atoms with E-state index in [4.69, 9.17) is 4.74 Å². The molecule has 0 unspecified atom stereocenters. The van der Waals surface area contributed by atoms with Crippen LogP contribution in [0.4, 0.5) is 0 Å². The first-order valence-electron chi connectivity index (χ1n) is 6.21. The maximum absolute atomic E-state index is 5.59. The molecule has 3 nitrogen and oxygen atoms in total. The quantitative estimate of drug-likeness (QED) is 0.737. The zero-order chi connectivity index (χ0) is 12.5. The minimum atomic E-state index is 0.185. The zero-order valence-corrected chi connectivity index (χ0v) is 10.9. The molecule has 0 saturated heterocycles. The summed E-state index contributed by atoms with van der Waals surface area (Å²) in [5.41, 5.74) is 1.08. The standard InChI is InChI=1S/C14H22N2O/c1-4-15-8-6-5-7-13-9-14(11-16-10-13)17-12(2)3/h5,7,9-12,15H,4,6,8H2,1-3H3/b7-5+. The number of hydrogen-bond donors (Lipinski definition) is 1. The van der Waals surface area contributed by atoms with Crippen LogP contribution < -0.4 is 10.1 Å². The van der Waals surface area contributed by atoms with Crippen molar-refractivity contribution in [2.24, 2.45) is 0 Å². The Morgan fingerprint density at radius 3 is 2.94 bits per heavy atom. The highest BCUT2D eigenvalue weighted by Crippen LogP contribution is 2.14. The van der Waals surface area contributed by atoms with Crippen LogP contribution >= 0.6 is 0 Å². The highest BCUT2D eigenvalue weighted by atomic mass is 16.5. The molecule has 0 aliphatic heterocycles. The number of nitrogens with one attached hydrogen (secondary N) is 1. The molecule has 0 aliphatic carbocycles. The van der Waals surface area contributed by atoms with E-state index >= 15 is 0 Å². The zero-order valence-electron chi connectivity index (χ0n) is 10.9. The summed E-state index contributed by atoms with van der Waals surface area (Å²) in [5.74, 6) is 0.828. The van der Waals surface area contributed by atoms with Crippen LogP contribution in [-0.4, -0.2) is 24.2 Å². The van der Waals surface area contributed by atoms with Gasteiger partial charge in [0.2, 0.25) is 0 Å². The van der Waals surface area contributed by atoms with Crippen LogP contribution in [0.25, 0.3) is 6.08 Å². The topological polar surface area (TPSA) is 34.2 Å². The van der Waals surface area contributed by atoms with Gasteiger partial charge in [0.25, 0.3) is 0 Å². The van der Waals surface area contributed by atoms with Crippen LogP contribution in [0, 0.1) is 0 Å². The molecule has 0 spiro atoms. The Morgan fingerprint density at radius 2 is 2.24 bits per heavy atom. The van der Waals surface area contributed by atoms with Crippen LogP contribution in [0.15, 0.2) is 24.5 Å². The molecule has 1 aromatic rings. The molecule has 94 valence electrons. The van der Waals surface area contributed by atoms with Crippen LogP contribution in [0.5, 0.6) is 5.75 Å². The molecule has 17 heavy (non-hydrogen) atoms. The molecule has 1 N–H and O–H groups in total. The summed E-state index contributed by atoms with van der Waals surface area (Å²) < 4.78 is 5.59. The Bertz CT molecular complexity index is 348. The summed E-state index contributed by atoms with van der Waals surface area (Å²) in [5, 5.41) is 3.28. The van der Waals surface area contributed by atoms with Gasteiger partial charge in [-0.1, -0.05) is 19.1 Å². The molecule has 0 saturated carbocycles. The molecule has 1 rings (SSSR count). The molecule has 0 aromatic carbocycles. The van der Waals surface area contributed by atoms with Crippen molar-refractivity contribution in [1.82, 2.24) is 10.3 Å². The van der Waals surface area contributed by atoms with Crippen molar-refractivity contribution in [3.8, 4) is 5.75 Å². The van der Waals surface area contributed by atoms with Gasteiger partial charge in [0.1, 0.15) is 5.75 Å².